The zero-order chi connectivity index (χ0) is 16.6. The number of rotatable bonds is 4. The van der Waals surface area contributed by atoms with Gasteiger partial charge < -0.3 is 10.4 Å². The van der Waals surface area contributed by atoms with Crippen molar-refractivity contribution in [2.45, 2.75) is 25.4 Å². The van der Waals surface area contributed by atoms with Gasteiger partial charge in [-0.1, -0.05) is 30.3 Å². The van der Waals surface area contributed by atoms with Crippen molar-refractivity contribution in [3.63, 3.8) is 0 Å². The van der Waals surface area contributed by atoms with Crippen LogP contribution in [0.3, 0.4) is 0 Å². The fraction of sp³-hybridized carbons (Fsp3) is 0.278. The number of carbonyl (C=O) groups is 1. The topological polar surface area (TPSA) is 49.3 Å². The number of aliphatic hydroxyl groups excluding tert-OH is 1. The van der Waals surface area contributed by atoms with Gasteiger partial charge in [-0.15, -0.1) is 0 Å². The van der Waals surface area contributed by atoms with Crippen molar-refractivity contribution in [2.24, 2.45) is 5.92 Å². The van der Waals surface area contributed by atoms with Crippen LogP contribution in [-0.2, 0) is 4.79 Å². The third kappa shape index (κ3) is 3.10. The van der Waals surface area contributed by atoms with E-state index in [1.54, 1.807) is 31.2 Å². The molecule has 1 fully saturated rings. The summed E-state index contributed by atoms with van der Waals surface area (Å²) in [5.41, 5.74) is 1.40. The number of halogens is 2. The minimum Gasteiger partial charge on any atom is -0.389 e. The molecule has 0 radical (unpaired) electrons. The molecule has 1 aliphatic rings. The second-order valence-corrected chi connectivity index (χ2v) is 5.84. The molecule has 1 aliphatic carbocycles. The highest BCUT2D eigenvalue weighted by molar-refractivity contribution is 5.95. The first kappa shape index (κ1) is 15.6. The molecule has 2 aromatic rings. The van der Waals surface area contributed by atoms with E-state index in [0.717, 1.165) is 6.07 Å². The average Bonchev–Trinajstić information content (AvgIpc) is 3.31. The van der Waals surface area contributed by atoms with Gasteiger partial charge in [0, 0.05) is 17.2 Å². The third-order valence-electron chi connectivity index (χ3n) is 4.18. The van der Waals surface area contributed by atoms with Gasteiger partial charge in [0.05, 0.1) is 6.10 Å². The zero-order valence-electron chi connectivity index (χ0n) is 12.6. The predicted molar refractivity (Wildman–Crippen MR) is 82.9 cm³/mol. The first-order valence-corrected chi connectivity index (χ1v) is 7.50. The van der Waals surface area contributed by atoms with Crippen LogP contribution in [0.15, 0.2) is 42.5 Å². The standard InChI is InChI=1S/C18H17F2NO2/c1-10(22)11-5-2-3-8-16(11)21-18(23)14-9-13(14)12-6-4-7-15(19)17(12)20/h2-8,10,13-14,22H,9H2,1H3,(H,21,23). The molecule has 2 N–H and O–H groups in total. The monoisotopic (exact) mass is 317 g/mol. The fourth-order valence-electron chi connectivity index (χ4n) is 2.84. The summed E-state index contributed by atoms with van der Waals surface area (Å²) in [4.78, 5) is 12.3. The summed E-state index contributed by atoms with van der Waals surface area (Å²) < 4.78 is 27.1. The highest BCUT2D eigenvalue weighted by atomic mass is 19.2. The second kappa shape index (κ2) is 6.08. The van der Waals surface area contributed by atoms with Crippen LogP contribution in [0.5, 0.6) is 0 Å². The summed E-state index contributed by atoms with van der Waals surface area (Å²) in [6.07, 6.45) is -0.217. The van der Waals surface area contributed by atoms with Crippen molar-refractivity contribution in [3.05, 3.63) is 65.2 Å². The van der Waals surface area contributed by atoms with E-state index in [1.807, 2.05) is 0 Å². The molecule has 3 rings (SSSR count). The quantitative estimate of drug-likeness (QED) is 0.902. The minimum absolute atomic E-state index is 0.244. The van der Waals surface area contributed by atoms with Crippen LogP contribution in [-0.4, -0.2) is 11.0 Å². The van der Waals surface area contributed by atoms with Crippen LogP contribution in [0.1, 0.15) is 36.5 Å². The SMILES string of the molecule is CC(O)c1ccccc1NC(=O)C1CC1c1cccc(F)c1F. The Morgan fingerprint density at radius 3 is 2.70 bits per heavy atom. The molecule has 0 heterocycles. The van der Waals surface area contributed by atoms with Crippen LogP contribution in [0.25, 0.3) is 0 Å². The van der Waals surface area contributed by atoms with Gasteiger partial charge in [0.15, 0.2) is 11.6 Å². The Balaban J connectivity index is 1.73. The second-order valence-electron chi connectivity index (χ2n) is 5.84. The number of aliphatic hydroxyl groups is 1. The summed E-state index contributed by atoms with van der Waals surface area (Å²) in [6.45, 7) is 1.62. The molecule has 120 valence electrons. The molecule has 3 atom stereocenters. The van der Waals surface area contributed by atoms with E-state index in [2.05, 4.69) is 5.32 Å². The van der Waals surface area contributed by atoms with E-state index in [0.29, 0.717) is 17.7 Å². The zero-order valence-corrected chi connectivity index (χ0v) is 12.6. The Morgan fingerprint density at radius 2 is 1.96 bits per heavy atom. The van der Waals surface area contributed by atoms with Crippen LogP contribution in [0, 0.1) is 17.6 Å². The molecule has 3 nitrogen and oxygen atoms in total. The predicted octanol–water partition coefficient (Wildman–Crippen LogP) is 3.76. The Labute approximate surface area is 133 Å². The van der Waals surface area contributed by atoms with Crippen LogP contribution >= 0.6 is 0 Å². The van der Waals surface area contributed by atoms with Gasteiger partial charge >= 0.3 is 0 Å². The Kier molecular flexibility index (Phi) is 4.13. The summed E-state index contributed by atoms with van der Waals surface area (Å²) in [6, 6.07) is 11.0. The lowest BCUT2D eigenvalue weighted by Gasteiger charge is -2.13. The molecule has 0 spiro atoms. The Morgan fingerprint density at radius 1 is 1.22 bits per heavy atom. The van der Waals surface area contributed by atoms with Gasteiger partial charge in [0.2, 0.25) is 5.91 Å². The van der Waals surface area contributed by atoms with Gasteiger partial charge in [-0.3, -0.25) is 4.79 Å². The number of carbonyl (C=O) groups excluding carboxylic acids is 1. The lowest BCUT2D eigenvalue weighted by Crippen LogP contribution is -2.16. The largest absolute Gasteiger partial charge is 0.389 e. The van der Waals surface area contributed by atoms with Gasteiger partial charge in [0.25, 0.3) is 0 Å². The lowest BCUT2D eigenvalue weighted by molar-refractivity contribution is -0.117. The van der Waals surface area contributed by atoms with Crippen molar-refractivity contribution in [1.82, 2.24) is 0 Å². The first-order valence-electron chi connectivity index (χ1n) is 7.50. The van der Waals surface area contributed by atoms with E-state index in [1.165, 1.54) is 12.1 Å². The maximum absolute atomic E-state index is 13.8. The van der Waals surface area contributed by atoms with Gasteiger partial charge in [-0.25, -0.2) is 8.78 Å². The molecular formula is C18H17F2NO2. The number of anilines is 1. The van der Waals surface area contributed by atoms with Crippen molar-refractivity contribution >= 4 is 11.6 Å². The van der Waals surface area contributed by atoms with Crippen molar-refractivity contribution < 1.29 is 18.7 Å². The number of hydrogen-bond acceptors (Lipinski definition) is 2. The minimum atomic E-state index is -0.895. The summed E-state index contributed by atoms with van der Waals surface area (Å²) in [7, 11) is 0. The Bertz CT molecular complexity index is 746. The highest BCUT2D eigenvalue weighted by Gasteiger charge is 2.45. The maximum atomic E-state index is 13.8. The molecule has 5 heteroatoms. The summed E-state index contributed by atoms with van der Waals surface area (Å²) in [5, 5.41) is 12.5. The van der Waals surface area contributed by atoms with Crippen LogP contribution in [0.4, 0.5) is 14.5 Å². The molecule has 0 aliphatic heterocycles. The number of hydrogen-bond donors (Lipinski definition) is 2. The first-order chi connectivity index (χ1) is 11.0. The van der Waals surface area contributed by atoms with Crippen molar-refractivity contribution in [3.8, 4) is 0 Å². The lowest BCUT2D eigenvalue weighted by atomic mass is 10.1. The molecule has 1 amide bonds. The van der Waals surface area contributed by atoms with Crippen LogP contribution in [0.2, 0.25) is 0 Å². The van der Waals surface area contributed by atoms with Crippen molar-refractivity contribution in [1.29, 1.82) is 0 Å². The Hall–Kier alpha value is -2.27. The van der Waals surface area contributed by atoms with E-state index in [9.17, 15) is 18.7 Å². The summed E-state index contributed by atoms with van der Waals surface area (Å²) >= 11 is 0. The van der Waals surface area contributed by atoms with Crippen molar-refractivity contribution in [2.75, 3.05) is 5.32 Å². The highest BCUT2D eigenvalue weighted by Crippen LogP contribution is 2.49. The molecule has 1 saturated carbocycles. The number of amides is 1. The normalized spacial score (nSPS) is 20.9. The molecule has 2 aromatic carbocycles. The summed E-state index contributed by atoms with van der Waals surface area (Å²) in [5.74, 6) is -2.70. The van der Waals surface area contributed by atoms with Gasteiger partial charge in [0.1, 0.15) is 0 Å². The van der Waals surface area contributed by atoms with E-state index >= 15 is 0 Å². The molecule has 0 saturated heterocycles. The average molecular weight is 317 g/mol. The third-order valence-corrected chi connectivity index (χ3v) is 4.18. The van der Waals surface area contributed by atoms with Gasteiger partial charge in [-0.05, 0) is 37.0 Å². The smallest absolute Gasteiger partial charge is 0.228 e. The molecule has 0 aromatic heterocycles. The molecule has 3 unspecified atom stereocenters. The molecular weight excluding hydrogens is 300 g/mol. The maximum Gasteiger partial charge on any atom is 0.228 e. The van der Waals surface area contributed by atoms with Crippen LogP contribution < -0.4 is 5.32 Å². The number of benzene rings is 2. The van der Waals surface area contributed by atoms with E-state index < -0.39 is 17.7 Å². The number of para-hydroxylation sites is 1. The molecule has 23 heavy (non-hydrogen) atoms. The molecule has 0 bridgehead atoms. The van der Waals surface area contributed by atoms with E-state index in [4.69, 9.17) is 0 Å². The number of nitrogens with one attached hydrogen (secondary N) is 1. The van der Waals surface area contributed by atoms with Gasteiger partial charge in [-0.2, -0.15) is 0 Å². The van der Waals surface area contributed by atoms with E-state index in [-0.39, 0.29) is 23.3 Å². The fourth-order valence-corrected chi connectivity index (χ4v) is 2.84.